The Hall–Kier alpha value is -2.95. The van der Waals surface area contributed by atoms with Gasteiger partial charge in [-0.05, 0) is 29.7 Å². The number of carbonyl (C=O) groups is 3. The smallest absolute Gasteiger partial charge is 0.233 e. The van der Waals surface area contributed by atoms with E-state index in [1.807, 2.05) is 42.5 Å². The molecule has 1 N–H and O–H groups in total. The molecule has 2 bridgehead atoms. The molecule has 0 radical (unpaired) electrons. The zero-order valence-corrected chi connectivity index (χ0v) is 14.8. The topological polar surface area (TPSA) is 66.5 Å². The van der Waals surface area contributed by atoms with E-state index in [9.17, 15) is 14.4 Å². The number of allylic oxidation sites excluding steroid dienone is 2. The van der Waals surface area contributed by atoms with Gasteiger partial charge in [0, 0.05) is 24.0 Å². The Morgan fingerprint density at radius 1 is 0.963 bits per heavy atom. The van der Waals surface area contributed by atoms with Gasteiger partial charge in [0.05, 0.1) is 11.8 Å². The Balaban J connectivity index is 1.26. The predicted octanol–water partition coefficient (Wildman–Crippen LogP) is 2.98. The van der Waals surface area contributed by atoms with E-state index >= 15 is 0 Å². The quantitative estimate of drug-likeness (QED) is 0.673. The van der Waals surface area contributed by atoms with Crippen molar-refractivity contribution < 1.29 is 14.4 Å². The fraction of sp³-hybridized carbons (Fsp3) is 0.318. The normalized spacial score (nSPS) is 28.2. The second-order valence-electron chi connectivity index (χ2n) is 7.65. The Labute approximate surface area is 157 Å². The molecule has 0 aromatic heterocycles. The largest absolute Gasteiger partial charge is 0.325 e. The molecule has 1 saturated heterocycles. The molecule has 136 valence electrons. The summed E-state index contributed by atoms with van der Waals surface area (Å²) in [5.41, 5.74) is 0.747. The number of anilines is 1. The van der Waals surface area contributed by atoms with E-state index in [0.717, 1.165) is 22.9 Å². The molecule has 3 amide bonds. The second kappa shape index (κ2) is 6.05. The molecule has 1 saturated carbocycles. The summed E-state index contributed by atoms with van der Waals surface area (Å²) in [5, 5.41) is 4.94. The van der Waals surface area contributed by atoms with Crippen molar-refractivity contribution in [3.05, 3.63) is 54.6 Å². The van der Waals surface area contributed by atoms with Crippen LogP contribution in [0.15, 0.2) is 54.6 Å². The first kappa shape index (κ1) is 16.2. The minimum absolute atomic E-state index is 0.0974. The lowest BCUT2D eigenvalue weighted by Crippen LogP contribution is -2.35. The molecule has 2 aromatic rings. The summed E-state index contributed by atoms with van der Waals surface area (Å²) in [6.45, 7) is 0.153. The first-order valence-electron chi connectivity index (χ1n) is 9.44. The predicted molar refractivity (Wildman–Crippen MR) is 102 cm³/mol. The first-order chi connectivity index (χ1) is 13.1. The first-order valence-corrected chi connectivity index (χ1v) is 9.44. The number of fused-ring (bicyclic) bond motifs is 6. The molecule has 2 aromatic carbocycles. The third-order valence-corrected chi connectivity index (χ3v) is 6.19. The number of carbonyl (C=O) groups excluding carboxylic acids is 3. The van der Waals surface area contributed by atoms with Gasteiger partial charge in [-0.3, -0.25) is 19.3 Å². The molecular weight excluding hydrogens is 340 g/mol. The van der Waals surface area contributed by atoms with Crippen molar-refractivity contribution in [1.29, 1.82) is 0 Å². The molecule has 1 aliphatic heterocycles. The van der Waals surface area contributed by atoms with Gasteiger partial charge in [0.15, 0.2) is 0 Å². The van der Waals surface area contributed by atoms with Crippen LogP contribution >= 0.6 is 0 Å². The standard InChI is InChI=1S/C22H20N2O3/c25-18(23-17-7-3-5-13-4-1-2-6-16(13)17)10-11-24-21(26)19-14-8-9-15(12-14)20(19)22(24)27/h1-9,14-15,19-20H,10-12H2,(H,23,25)/t14-,15+,19-,20+. The van der Waals surface area contributed by atoms with Crippen LogP contribution in [0.1, 0.15) is 12.8 Å². The monoisotopic (exact) mass is 360 g/mol. The van der Waals surface area contributed by atoms with Crippen LogP contribution in [0.3, 0.4) is 0 Å². The van der Waals surface area contributed by atoms with Gasteiger partial charge < -0.3 is 5.32 Å². The summed E-state index contributed by atoms with van der Waals surface area (Å²) in [6.07, 6.45) is 5.19. The maximum absolute atomic E-state index is 12.7. The second-order valence-corrected chi connectivity index (χ2v) is 7.65. The van der Waals surface area contributed by atoms with E-state index in [2.05, 4.69) is 17.5 Å². The highest BCUT2D eigenvalue weighted by molar-refractivity contribution is 6.07. The van der Waals surface area contributed by atoms with E-state index < -0.39 is 0 Å². The number of imide groups is 1. The Kier molecular flexibility index (Phi) is 3.64. The minimum Gasteiger partial charge on any atom is -0.325 e. The number of amides is 3. The average Bonchev–Trinajstić information content (AvgIpc) is 3.35. The number of nitrogens with one attached hydrogen (secondary N) is 1. The van der Waals surface area contributed by atoms with Crippen molar-refractivity contribution in [2.75, 3.05) is 11.9 Å². The van der Waals surface area contributed by atoms with Crippen molar-refractivity contribution in [3.63, 3.8) is 0 Å². The molecular formula is C22H20N2O3. The molecule has 5 heteroatoms. The molecule has 0 unspecified atom stereocenters. The Morgan fingerprint density at radius 3 is 2.37 bits per heavy atom. The average molecular weight is 360 g/mol. The van der Waals surface area contributed by atoms with Crippen LogP contribution in [0.5, 0.6) is 0 Å². The van der Waals surface area contributed by atoms with Crippen LogP contribution in [0.4, 0.5) is 5.69 Å². The van der Waals surface area contributed by atoms with Gasteiger partial charge in [0.2, 0.25) is 17.7 Å². The van der Waals surface area contributed by atoms with Crippen LogP contribution in [-0.2, 0) is 14.4 Å². The lowest BCUT2D eigenvalue weighted by molar-refractivity contribution is -0.140. The van der Waals surface area contributed by atoms with E-state index in [1.54, 1.807) is 0 Å². The molecule has 2 aliphatic carbocycles. The van der Waals surface area contributed by atoms with Gasteiger partial charge in [0.1, 0.15) is 0 Å². The zero-order valence-electron chi connectivity index (χ0n) is 14.8. The number of hydrogen-bond donors (Lipinski definition) is 1. The lowest BCUT2D eigenvalue weighted by atomic mass is 9.85. The summed E-state index contributed by atoms with van der Waals surface area (Å²) in [5.74, 6) is -0.385. The highest BCUT2D eigenvalue weighted by Crippen LogP contribution is 2.52. The maximum Gasteiger partial charge on any atom is 0.233 e. The Bertz CT molecular complexity index is 961. The van der Waals surface area contributed by atoms with Crippen LogP contribution in [0, 0.1) is 23.7 Å². The fourth-order valence-corrected chi connectivity index (χ4v) is 4.94. The number of nitrogens with zero attached hydrogens (tertiary/aromatic N) is 1. The molecule has 2 fully saturated rings. The van der Waals surface area contributed by atoms with Gasteiger partial charge in [-0.25, -0.2) is 0 Å². The molecule has 5 nitrogen and oxygen atoms in total. The molecule has 27 heavy (non-hydrogen) atoms. The molecule has 4 atom stereocenters. The Morgan fingerprint density at radius 2 is 1.63 bits per heavy atom. The summed E-state index contributed by atoms with van der Waals surface area (Å²) < 4.78 is 0. The van der Waals surface area contributed by atoms with Gasteiger partial charge in [-0.15, -0.1) is 0 Å². The summed E-state index contributed by atoms with van der Waals surface area (Å²) in [6, 6.07) is 13.6. The molecule has 5 rings (SSSR count). The van der Waals surface area contributed by atoms with Crippen molar-refractivity contribution in [3.8, 4) is 0 Å². The number of rotatable bonds is 4. The summed E-state index contributed by atoms with van der Waals surface area (Å²) >= 11 is 0. The maximum atomic E-state index is 12.7. The number of likely N-dealkylation sites (tertiary alicyclic amines) is 1. The lowest BCUT2D eigenvalue weighted by Gasteiger charge is -2.17. The van der Waals surface area contributed by atoms with E-state index in [-0.39, 0.29) is 54.4 Å². The third-order valence-electron chi connectivity index (χ3n) is 6.19. The number of hydrogen-bond acceptors (Lipinski definition) is 3. The van der Waals surface area contributed by atoms with E-state index in [0.29, 0.717) is 0 Å². The summed E-state index contributed by atoms with van der Waals surface area (Å²) in [4.78, 5) is 39.1. The van der Waals surface area contributed by atoms with Crippen molar-refractivity contribution >= 4 is 34.2 Å². The van der Waals surface area contributed by atoms with E-state index in [1.165, 1.54) is 4.90 Å². The molecule has 3 aliphatic rings. The van der Waals surface area contributed by atoms with Crippen molar-refractivity contribution in [2.24, 2.45) is 23.7 Å². The molecule has 1 heterocycles. The van der Waals surface area contributed by atoms with Gasteiger partial charge in [-0.1, -0.05) is 48.6 Å². The van der Waals surface area contributed by atoms with E-state index in [4.69, 9.17) is 0 Å². The van der Waals surface area contributed by atoms with Crippen LogP contribution in [0.2, 0.25) is 0 Å². The van der Waals surface area contributed by atoms with Crippen molar-refractivity contribution in [1.82, 2.24) is 4.90 Å². The highest BCUT2D eigenvalue weighted by Gasteiger charge is 2.58. The summed E-state index contributed by atoms with van der Waals surface area (Å²) in [7, 11) is 0. The van der Waals surface area contributed by atoms with Crippen molar-refractivity contribution in [2.45, 2.75) is 12.8 Å². The number of benzene rings is 2. The SMILES string of the molecule is O=C(CCN1C(=O)[C@@H]2[C@H](C1=O)[C@@H]1C=C[C@H]2C1)Nc1cccc2ccccc12. The molecule has 0 spiro atoms. The highest BCUT2D eigenvalue weighted by atomic mass is 16.2. The van der Waals surface area contributed by atoms with Crippen LogP contribution < -0.4 is 5.32 Å². The fourth-order valence-electron chi connectivity index (χ4n) is 4.94. The van der Waals surface area contributed by atoms with Gasteiger partial charge in [0.25, 0.3) is 0 Å². The zero-order chi connectivity index (χ0) is 18.5. The van der Waals surface area contributed by atoms with Crippen LogP contribution in [-0.4, -0.2) is 29.2 Å². The van der Waals surface area contributed by atoms with Crippen LogP contribution in [0.25, 0.3) is 10.8 Å². The van der Waals surface area contributed by atoms with Gasteiger partial charge in [-0.2, -0.15) is 0 Å². The van der Waals surface area contributed by atoms with Gasteiger partial charge >= 0.3 is 0 Å². The minimum atomic E-state index is -0.200. The third kappa shape index (κ3) is 2.49.